The standard InChI is InChI=1S/C20H20N2O7S/c1-2-28-20(25)21-18(23)13-29-19(24)15-7-5-8-16(12-15)30(26,27)22-11-10-14-6-3-4-9-17(14)22/h3-9,12H,2,10-11,13H2,1H3,(H,21,23,25). The number of rotatable bonds is 6. The number of amides is 2. The van der Waals surface area contributed by atoms with E-state index >= 15 is 0 Å². The van der Waals surface area contributed by atoms with Gasteiger partial charge in [-0.15, -0.1) is 0 Å². The second-order valence-electron chi connectivity index (χ2n) is 6.33. The smallest absolute Gasteiger partial charge is 0.413 e. The fourth-order valence-electron chi connectivity index (χ4n) is 3.00. The quantitative estimate of drug-likeness (QED) is 0.692. The maximum absolute atomic E-state index is 13.1. The van der Waals surface area contributed by atoms with Gasteiger partial charge in [-0.2, -0.15) is 0 Å². The van der Waals surface area contributed by atoms with E-state index in [1.165, 1.54) is 28.6 Å². The lowest BCUT2D eigenvalue weighted by Gasteiger charge is -2.19. The molecule has 0 unspecified atom stereocenters. The van der Waals surface area contributed by atoms with E-state index in [2.05, 4.69) is 4.74 Å². The molecule has 2 aromatic rings. The van der Waals surface area contributed by atoms with Gasteiger partial charge in [-0.05, 0) is 43.2 Å². The summed E-state index contributed by atoms with van der Waals surface area (Å²) in [5, 5.41) is 1.89. The molecule has 2 amide bonds. The molecule has 9 nitrogen and oxygen atoms in total. The van der Waals surface area contributed by atoms with E-state index < -0.39 is 34.6 Å². The zero-order valence-corrected chi connectivity index (χ0v) is 17.0. The minimum atomic E-state index is -3.88. The predicted octanol–water partition coefficient (Wildman–Crippen LogP) is 1.87. The number of esters is 1. The third-order valence-corrected chi connectivity index (χ3v) is 6.16. The first-order valence-electron chi connectivity index (χ1n) is 9.17. The van der Waals surface area contributed by atoms with Crippen LogP contribution in [0.15, 0.2) is 53.4 Å². The summed E-state index contributed by atoms with van der Waals surface area (Å²) in [4.78, 5) is 34.9. The molecule has 0 spiro atoms. The van der Waals surface area contributed by atoms with Crippen LogP contribution < -0.4 is 9.62 Å². The summed E-state index contributed by atoms with van der Waals surface area (Å²) in [7, 11) is -3.88. The van der Waals surface area contributed by atoms with E-state index in [9.17, 15) is 22.8 Å². The molecular weight excluding hydrogens is 412 g/mol. The van der Waals surface area contributed by atoms with Crippen LogP contribution in [0.1, 0.15) is 22.8 Å². The van der Waals surface area contributed by atoms with Crippen molar-refractivity contribution < 1.29 is 32.3 Å². The number of nitrogens with one attached hydrogen (secondary N) is 1. The van der Waals surface area contributed by atoms with E-state index in [0.29, 0.717) is 18.7 Å². The number of ether oxygens (including phenoxy) is 2. The number of fused-ring (bicyclic) bond motifs is 1. The SMILES string of the molecule is CCOC(=O)NC(=O)COC(=O)c1cccc(S(=O)(=O)N2CCc3ccccc32)c1. The third-order valence-electron chi connectivity index (χ3n) is 4.35. The van der Waals surface area contributed by atoms with Crippen molar-refractivity contribution in [1.82, 2.24) is 5.32 Å². The summed E-state index contributed by atoms with van der Waals surface area (Å²) < 4.78 is 36.9. The Morgan fingerprint density at radius 3 is 2.60 bits per heavy atom. The van der Waals surface area contributed by atoms with Crippen LogP contribution in [0.25, 0.3) is 0 Å². The number of hydrogen-bond donors (Lipinski definition) is 1. The van der Waals surface area contributed by atoms with Crippen LogP contribution in [0.2, 0.25) is 0 Å². The van der Waals surface area contributed by atoms with Crippen molar-refractivity contribution in [3.8, 4) is 0 Å². The van der Waals surface area contributed by atoms with Crippen LogP contribution in [-0.4, -0.2) is 46.1 Å². The summed E-state index contributed by atoms with van der Waals surface area (Å²) in [5.41, 5.74) is 1.51. The van der Waals surface area contributed by atoms with E-state index in [1.54, 1.807) is 19.1 Å². The Balaban J connectivity index is 1.71. The number of imide groups is 1. The van der Waals surface area contributed by atoms with E-state index in [0.717, 1.165) is 5.56 Å². The molecule has 1 aliphatic heterocycles. The molecule has 0 fully saturated rings. The maximum atomic E-state index is 13.1. The number of sulfonamides is 1. The van der Waals surface area contributed by atoms with Crippen LogP contribution in [0.3, 0.4) is 0 Å². The molecule has 2 aromatic carbocycles. The van der Waals surface area contributed by atoms with Gasteiger partial charge >= 0.3 is 12.1 Å². The molecule has 3 rings (SSSR count). The van der Waals surface area contributed by atoms with Gasteiger partial charge in [0.15, 0.2) is 6.61 Å². The topological polar surface area (TPSA) is 119 Å². The Morgan fingerprint density at radius 2 is 1.83 bits per heavy atom. The molecule has 158 valence electrons. The van der Waals surface area contributed by atoms with Crippen molar-refractivity contribution >= 4 is 33.7 Å². The van der Waals surface area contributed by atoms with Gasteiger partial charge in [-0.25, -0.2) is 18.0 Å². The Hall–Kier alpha value is -3.40. The average molecular weight is 432 g/mol. The number of nitrogens with zero attached hydrogens (tertiary/aromatic N) is 1. The highest BCUT2D eigenvalue weighted by molar-refractivity contribution is 7.92. The normalized spacial score (nSPS) is 12.8. The Bertz CT molecular complexity index is 1080. The summed E-state index contributed by atoms with van der Waals surface area (Å²) in [6.07, 6.45) is -0.343. The highest BCUT2D eigenvalue weighted by atomic mass is 32.2. The second kappa shape index (κ2) is 8.95. The Labute approximate surface area is 173 Å². The van der Waals surface area contributed by atoms with Crippen molar-refractivity contribution in [3.63, 3.8) is 0 Å². The molecule has 0 saturated carbocycles. The molecule has 0 bridgehead atoms. The minimum Gasteiger partial charge on any atom is -0.452 e. The minimum absolute atomic E-state index is 0.0347. The van der Waals surface area contributed by atoms with Crippen LogP contribution in [0.5, 0.6) is 0 Å². The maximum Gasteiger partial charge on any atom is 0.413 e. The number of para-hydroxylation sites is 1. The van der Waals surface area contributed by atoms with Crippen LogP contribution >= 0.6 is 0 Å². The molecule has 0 saturated heterocycles. The number of benzene rings is 2. The van der Waals surface area contributed by atoms with Crippen LogP contribution in [-0.2, 0) is 30.7 Å². The second-order valence-corrected chi connectivity index (χ2v) is 8.19. The summed E-state index contributed by atoms with van der Waals surface area (Å²) in [6, 6.07) is 12.6. The van der Waals surface area contributed by atoms with Gasteiger partial charge in [-0.3, -0.25) is 14.4 Å². The number of anilines is 1. The molecule has 0 atom stereocenters. The first-order chi connectivity index (χ1) is 14.3. The highest BCUT2D eigenvalue weighted by Crippen LogP contribution is 2.32. The molecule has 1 heterocycles. The highest BCUT2D eigenvalue weighted by Gasteiger charge is 2.31. The van der Waals surface area contributed by atoms with Crippen molar-refractivity contribution in [2.24, 2.45) is 0 Å². The van der Waals surface area contributed by atoms with Gasteiger partial charge in [0.25, 0.3) is 15.9 Å². The molecule has 0 aliphatic carbocycles. The van der Waals surface area contributed by atoms with Crippen molar-refractivity contribution in [2.45, 2.75) is 18.2 Å². The molecule has 1 aliphatic rings. The number of hydrogen-bond acceptors (Lipinski definition) is 7. The molecule has 0 radical (unpaired) electrons. The van der Waals surface area contributed by atoms with Gasteiger partial charge in [-0.1, -0.05) is 24.3 Å². The lowest BCUT2D eigenvalue weighted by molar-refractivity contribution is -0.123. The first-order valence-corrected chi connectivity index (χ1v) is 10.6. The van der Waals surface area contributed by atoms with Gasteiger partial charge in [0.2, 0.25) is 0 Å². The van der Waals surface area contributed by atoms with Gasteiger partial charge in [0, 0.05) is 6.54 Å². The molecular formula is C20H20N2O7S. The van der Waals surface area contributed by atoms with Gasteiger partial charge in [0.05, 0.1) is 22.8 Å². The van der Waals surface area contributed by atoms with Crippen molar-refractivity contribution in [3.05, 3.63) is 59.7 Å². The van der Waals surface area contributed by atoms with Crippen molar-refractivity contribution in [2.75, 3.05) is 24.1 Å². The van der Waals surface area contributed by atoms with E-state index in [1.807, 2.05) is 17.4 Å². The first kappa shape index (κ1) is 21.3. The summed E-state index contributed by atoms with van der Waals surface area (Å²) in [5.74, 6) is -1.76. The van der Waals surface area contributed by atoms with Crippen LogP contribution in [0.4, 0.5) is 10.5 Å². The predicted molar refractivity (Wildman–Crippen MR) is 107 cm³/mol. The Morgan fingerprint density at radius 1 is 1.07 bits per heavy atom. The number of carbonyl (C=O) groups excluding carboxylic acids is 3. The zero-order valence-electron chi connectivity index (χ0n) is 16.2. The molecule has 10 heteroatoms. The van der Waals surface area contributed by atoms with Gasteiger partial charge < -0.3 is 9.47 Å². The molecule has 0 aromatic heterocycles. The largest absolute Gasteiger partial charge is 0.452 e. The lowest BCUT2D eigenvalue weighted by Crippen LogP contribution is -2.34. The average Bonchev–Trinajstić information content (AvgIpc) is 3.17. The lowest BCUT2D eigenvalue weighted by atomic mass is 10.2. The molecule has 1 N–H and O–H groups in total. The fourth-order valence-corrected chi connectivity index (χ4v) is 4.55. The van der Waals surface area contributed by atoms with Crippen LogP contribution in [0, 0.1) is 0 Å². The molecule has 30 heavy (non-hydrogen) atoms. The van der Waals surface area contributed by atoms with E-state index in [-0.39, 0.29) is 17.1 Å². The number of carbonyl (C=O) groups is 3. The monoisotopic (exact) mass is 432 g/mol. The Kier molecular flexibility index (Phi) is 6.36. The van der Waals surface area contributed by atoms with Crippen molar-refractivity contribution in [1.29, 1.82) is 0 Å². The summed E-state index contributed by atoms with van der Waals surface area (Å²) >= 11 is 0. The van der Waals surface area contributed by atoms with Gasteiger partial charge in [0.1, 0.15) is 0 Å². The number of alkyl carbamates (subject to hydrolysis) is 1. The zero-order chi connectivity index (χ0) is 21.7. The van der Waals surface area contributed by atoms with E-state index in [4.69, 9.17) is 4.74 Å². The fraction of sp³-hybridized carbons (Fsp3) is 0.250. The third kappa shape index (κ3) is 4.60. The summed E-state index contributed by atoms with van der Waals surface area (Å²) in [6.45, 7) is 1.26.